The van der Waals surface area contributed by atoms with Crippen LogP contribution in [-0.2, 0) is 19.1 Å². The Labute approximate surface area is 102 Å². The lowest BCUT2D eigenvalue weighted by Crippen LogP contribution is -2.26. The van der Waals surface area contributed by atoms with Crippen molar-refractivity contribution < 1.29 is 19.1 Å². The molecule has 17 heavy (non-hydrogen) atoms. The second-order valence-corrected chi connectivity index (χ2v) is 5.04. The second kappa shape index (κ2) is 6.20. The molecule has 0 aromatic heterocycles. The standard InChI is InChI=1S/C12H14O4S/c1-15-11(13)10(12(14)16-2)17(3)9-7-5-4-6-8-9/h4-8H,1-3H3. The van der Waals surface area contributed by atoms with E-state index in [1.54, 1.807) is 6.26 Å². The molecule has 0 N–H and O–H groups in total. The summed E-state index contributed by atoms with van der Waals surface area (Å²) in [6.45, 7) is 0. The minimum absolute atomic E-state index is 0.0289. The molecule has 1 atom stereocenters. The molecule has 0 fully saturated rings. The highest BCUT2D eigenvalue weighted by Gasteiger charge is 2.23. The molecule has 0 saturated carbocycles. The number of carbonyl (C=O) groups excluding carboxylic acids is 2. The topological polar surface area (TPSA) is 52.6 Å². The van der Waals surface area contributed by atoms with Crippen molar-refractivity contribution in [3.05, 3.63) is 30.3 Å². The van der Waals surface area contributed by atoms with Gasteiger partial charge in [0.2, 0.25) is 0 Å². The van der Waals surface area contributed by atoms with Gasteiger partial charge in [0, 0.05) is 4.90 Å². The number of methoxy groups -OCH3 is 2. The van der Waals surface area contributed by atoms with Crippen molar-refractivity contribution in [2.45, 2.75) is 4.90 Å². The highest BCUT2D eigenvalue weighted by atomic mass is 32.2. The third-order valence-electron chi connectivity index (χ3n) is 2.14. The quantitative estimate of drug-likeness (QED) is 0.465. The van der Waals surface area contributed by atoms with Crippen molar-refractivity contribution in [1.82, 2.24) is 0 Å². The van der Waals surface area contributed by atoms with Crippen LogP contribution in [-0.4, -0.2) is 37.3 Å². The van der Waals surface area contributed by atoms with Crippen LogP contribution in [0.15, 0.2) is 35.2 Å². The van der Waals surface area contributed by atoms with Gasteiger partial charge in [0.15, 0.2) is 4.86 Å². The number of carbonyl (C=O) groups is 2. The van der Waals surface area contributed by atoms with Gasteiger partial charge in [-0.15, -0.1) is 10.5 Å². The Morgan fingerprint density at radius 2 is 1.47 bits per heavy atom. The Bertz CT molecular complexity index is 433. The predicted octanol–water partition coefficient (Wildman–Crippen LogP) is 1.46. The Morgan fingerprint density at radius 3 is 1.88 bits per heavy atom. The number of hydrogen-bond acceptors (Lipinski definition) is 4. The summed E-state index contributed by atoms with van der Waals surface area (Å²) in [7, 11) is 1.82. The summed E-state index contributed by atoms with van der Waals surface area (Å²) in [5.74, 6) is -1.29. The maximum Gasteiger partial charge on any atom is 0.351 e. The minimum Gasteiger partial charge on any atom is -0.465 e. The third kappa shape index (κ3) is 3.17. The highest BCUT2D eigenvalue weighted by Crippen LogP contribution is 2.24. The molecule has 1 aromatic carbocycles. The number of benzene rings is 1. The zero-order valence-electron chi connectivity index (χ0n) is 9.93. The minimum atomic E-state index is -0.664. The van der Waals surface area contributed by atoms with Crippen molar-refractivity contribution >= 4 is 27.3 Å². The first-order chi connectivity index (χ1) is 8.11. The molecule has 92 valence electrons. The van der Waals surface area contributed by atoms with E-state index in [0.29, 0.717) is 0 Å². The molecule has 0 radical (unpaired) electrons. The van der Waals surface area contributed by atoms with Gasteiger partial charge < -0.3 is 9.47 Å². The van der Waals surface area contributed by atoms with Crippen molar-refractivity contribution in [1.29, 1.82) is 0 Å². The molecule has 0 spiro atoms. The lowest BCUT2D eigenvalue weighted by molar-refractivity contribution is -0.137. The van der Waals surface area contributed by atoms with Crippen LogP contribution in [0.25, 0.3) is 0 Å². The van der Waals surface area contributed by atoms with Crippen molar-refractivity contribution in [2.24, 2.45) is 0 Å². The molecule has 1 aromatic rings. The molecular formula is C12H14O4S. The average Bonchev–Trinajstić information content (AvgIpc) is 2.39. The molecule has 1 rings (SSSR count). The fourth-order valence-corrected chi connectivity index (χ4v) is 2.73. The zero-order chi connectivity index (χ0) is 12.8. The molecule has 5 heteroatoms. The average molecular weight is 254 g/mol. The lowest BCUT2D eigenvalue weighted by Gasteiger charge is -2.09. The summed E-state index contributed by atoms with van der Waals surface area (Å²) in [4.78, 5) is 24.1. The summed E-state index contributed by atoms with van der Waals surface area (Å²) in [5.41, 5.74) is 0. The Hall–Kier alpha value is -1.62. The maximum absolute atomic E-state index is 11.6. The monoisotopic (exact) mass is 254 g/mol. The predicted molar refractivity (Wildman–Crippen MR) is 67.3 cm³/mol. The van der Waals surface area contributed by atoms with Gasteiger partial charge in [0.25, 0.3) is 0 Å². The number of hydrogen-bond donors (Lipinski definition) is 0. The van der Waals surface area contributed by atoms with Crippen molar-refractivity contribution in [3.63, 3.8) is 0 Å². The fraction of sp³-hybridized carbons (Fsp3) is 0.250. The molecular weight excluding hydrogens is 240 g/mol. The van der Waals surface area contributed by atoms with E-state index in [1.165, 1.54) is 14.2 Å². The Morgan fingerprint density at radius 1 is 1.00 bits per heavy atom. The van der Waals surface area contributed by atoms with Gasteiger partial charge >= 0.3 is 11.9 Å². The maximum atomic E-state index is 11.6. The van der Waals surface area contributed by atoms with Crippen molar-refractivity contribution in [2.75, 3.05) is 20.5 Å². The van der Waals surface area contributed by atoms with E-state index in [1.807, 2.05) is 30.3 Å². The van der Waals surface area contributed by atoms with Gasteiger partial charge in [-0.3, -0.25) is 0 Å². The first-order valence-corrected chi connectivity index (χ1v) is 6.49. The fourth-order valence-electron chi connectivity index (χ4n) is 1.26. The second-order valence-electron chi connectivity index (χ2n) is 3.14. The summed E-state index contributed by atoms with van der Waals surface area (Å²) >= 11 is 0. The van der Waals surface area contributed by atoms with E-state index < -0.39 is 22.4 Å². The van der Waals surface area contributed by atoms with Gasteiger partial charge in [-0.25, -0.2) is 9.59 Å². The van der Waals surface area contributed by atoms with E-state index >= 15 is 0 Å². The van der Waals surface area contributed by atoms with E-state index in [4.69, 9.17) is 0 Å². The first kappa shape index (κ1) is 13.4. The van der Waals surface area contributed by atoms with Gasteiger partial charge in [-0.1, -0.05) is 18.2 Å². The number of esters is 2. The molecule has 0 bridgehead atoms. The molecule has 0 heterocycles. The summed E-state index contributed by atoms with van der Waals surface area (Å²) in [6.07, 6.45) is 1.79. The smallest absolute Gasteiger partial charge is 0.351 e. The van der Waals surface area contributed by atoms with E-state index in [9.17, 15) is 9.59 Å². The molecule has 0 saturated heterocycles. The summed E-state index contributed by atoms with van der Waals surface area (Å²) < 4.78 is 9.22. The first-order valence-electron chi connectivity index (χ1n) is 4.86. The van der Waals surface area contributed by atoms with Gasteiger partial charge in [-0.05, 0) is 18.4 Å². The lowest BCUT2D eigenvalue weighted by atomic mass is 10.4. The number of rotatable bonds is 3. The normalized spacial score (nSPS) is 11.5. The molecule has 0 aliphatic heterocycles. The molecule has 0 amide bonds. The van der Waals surface area contributed by atoms with Crippen LogP contribution < -0.4 is 0 Å². The number of ether oxygens (including phenoxy) is 2. The largest absolute Gasteiger partial charge is 0.465 e. The van der Waals surface area contributed by atoms with Crippen LogP contribution >= 0.6 is 10.5 Å². The van der Waals surface area contributed by atoms with Gasteiger partial charge in [0.05, 0.1) is 14.2 Å². The molecule has 4 nitrogen and oxygen atoms in total. The Kier molecular flexibility index (Phi) is 4.90. The summed E-state index contributed by atoms with van der Waals surface area (Å²) in [6, 6.07) is 9.29. The van der Waals surface area contributed by atoms with Gasteiger partial charge in [0.1, 0.15) is 0 Å². The van der Waals surface area contributed by atoms with Crippen molar-refractivity contribution in [3.8, 4) is 0 Å². The van der Waals surface area contributed by atoms with Crippen LogP contribution in [0.1, 0.15) is 0 Å². The third-order valence-corrected chi connectivity index (χ3v) is 4.07. The van der Waals surface area contributed by atoms with E-state index in [0.717, 1.165) is 4.90 Å². The zero-order valence-corrected chi connectivity index (χ0v) is 10.7. The van der Waals surface area contributed by atoms with E-state index in [-0.39, 0.29) is 4.86 Å². The van der Waals surface area contributed by atoms with Crippen LogP contribution in [0.4, 0.5) is 0 Å². The molecule has 0 aliphatic rings. The van der Waals surface area contributed by atoms with Crippen LogP contribution in [0.2, 0.25) is 0 Å². The Balaban J connectivity index is 3.29. The van der Waals surface area contributed by atoms with Crippen LogP contribution in [0.5, 0.6) is 0 Å². The van der Waals surface area contributed by atoms with Crippen LogP contribution in [0.3, 0.4) is 0 Å². The molecule has 0 aliphatic carbocycles. The van der Waals surface area contributed by atoms with Gasteiger partial charge in [-0.2, -0.15) is 0 Å². The van der Waals surface area contributed by atoms with Crippen LogP contribution in [0, 0.1) is 0 Å². The van der Waals surface area contributed by atoms with E-state index in [2.05, 4.69) is 9.47 Å². The highest BCUT2D eigenvalue weighted by molar-refractivity contribution is 8.17. The SMILES string of the molecule is COC(=O)C(C(=O)OC)=S(C)c1ccccc1. The summed E-state index contributed by atoms with van der Waals surface area (Å²) in [5, 5.41) is 0. The molecule has 1 unspecified atom stereocenters.